The molecule has 1 aliphatic heterocycles. The fourth-order valence-electron chi connectivity index (χ4n) is 1.76. The van der Waals surface area contributed by atoms with E-state index in [9.17, 15) is 0 Å². The number of aromatic nitrogens is 2. The summed E-state index contributed by atoms with van der Waals surface area (Å²) in [4.78, 5) is 5.54. The van der Waals surface area contributed by atoms with Crippen LogP contribution in [0.4, 0.5) is 0 Å². The molecular formula is C11H11N3OS. The fourth-order valence-corrected chi connectivity index (χ4v) is 2.87. The monoisotopic (exact) mass is 233 g/mol. The van der Waals surface area contributed by atoms with Crippen LogP contribution >= 0.6 is 11.8 Å². The molecule has 1 aliphatic rings. The van der Waals surface area contributed by atoms with Gasteiger partial charge in [-0.2, -0.15) is 4.98 Å². The Balaban J connectivity index is 2.00. The second-order valence-electron chi connectivity index (χ2n) is 3.64. The van der Waals surface area contributed by atoms with E-state index in [2.05, 4.69) is 22.3 Å². The first kappa shape index (κ1) is 9.86. The van der Waals surface area contributed by atoms with Gasteiger partial charge in [0.2, 0.25) is 11.7 Å². The first-order valence-electron chi connectivity index (χ1n) is 5.15. The number of hydrogen-bond acceptors (Lipinski definition) is 5. The van der Waals surface area contributed by atoms with Crippen LogP contribution in [-0.4, -0.2) is 15.9 Å². The van der Waals surface area contributed by atoms with Crippen LogP contribution in [0.3, 0.4) is 0 Å². The molecule has 0 unspecified atom stereocenters. The SMILES string of the molecule is NCc1nc(-c2ccc3c(c2)SCC3)no1. The summed E-state index contributed by atoms with van der Waals surface area (Å²) in [5.74, 6) is 2.26. The van der Waals surface area contributed by atoms with E-state index in [0.717, 1.165) is 12.0 Å². The molecule has 3 rings (SSSR count). The van der Waals surface area contributed by atoms with Crippen LogP contribution < -0.4 is 5.73 Å². The van der Waals surface area contributed by atoms with Gasteiger partial charge in [-0.1, -0.05) is 17.3 Å². The predicted molar refractivity (Wildman–Crippen MR) is 62.1 cm³/mol. The van der Waals surface area contributed by atoms with Gasteiger partial charge in [0.15, 0.2) is 0 Å². The van der Waals surface area contributed by atoms with Crippen LogP contribution in [0, 0.1) is 0 Å². The number of hydrogen-bond donors (Lipinski definition) is 1. The molecule has 0 spiro atoms. The highest BCUT2D eigenvalue weighted by atomic mass is 32.2. The Morgan fingerprint density at radius 2 is 2.38 bits per heavy atom. The minimum Gasteiger partial charge on any atom is -0.338 e. The number of nitrogens with zero attached hydrogens (tertiary/aromatic N) is 2. The average molecular weight is 233 g/mol. The Labute approximate surface area is 97.2 Å². The highest BCUT2D eigenvalue weighted by Gasteiger charge is 2.14. The molecule has 5 heteroatoms. The van der Waals surface area contributed by atoms with E-state index in [1.807, 2.05) is 17.8 Å². The molecule has 0 amide bonds. The van der Waals surface area contributed by atoms with Crippen LogP contribution in [0.5, 0.6) is 0 Å². The first-order valence-corrected chi connectivity index (χ1v) is 6.14. The normalized spacial score (nSPS) is 14.1. The van der Waals surface area contributed by atoms with Crippen molar-refractivity contribution in [3.05, 3.63) is 29.7 Å². The third-order valence-electron chi connectivity index (χ3n) is 2.60. The molecule has 82 valence electrons. The second-order valence-corrected chi connectivity index (χ2v) is 4.77. The highest BCUT2D eigenvalue weighted by Crippen LogP contribution is 2.33. The summed E-state index contributed by atoms with van der Waals surface area (Å²) in [7, 11) is 0. The molecule has 1 aromatic carbocycles. The number of fused-ring (bicyclic) bond motifs is 1. The number of nitrogens with two attached hydrogens (primary N) is 1. The van der Waals surface area contributed by atoms with Gasteiger partial charge in [-0.3, -0.25) is 0 Å². The second kappa shape index (κ2) is 3.92. The molecule has 0 bridgehead atoms. The van der Waals surface area contributed by atoms with Crippen molar-refractivity contribution < 1.29 is 4.52 Å². The Morgan fingerprint density at radius 3 is 3.19 bits per heavy atom. The molecule has 0 radical (unpaired) electrons. The molecule has 0 saturated heterocycles. The zero-order valence-corrected chi connectivity index (χ0v) is 9.46. The largest absolute Gasteiger partial charge is 0.338 e. The van der Waals surface area contributed by atoms with Crippen LogP contribution in [0.15, 0.2) is 27.6 Å². The lowest BCUT2D eigenvalue weighted by atomic mass is 10.1. The molecule has 0 fully saturated rings. The molecule has 0 aliphatic carbocycles. The van der Waals surface area contributed by atoms with Crippen molar-refractivity contribution in [1.82, 2.24) is 10.1 Å². The Hall–Kier alpha value is -1.33. The van der Waals surface area contributed by atoms with E-state index in [0.29, 0.717) is 11.7 Å². The molecule has 16 heavy (non-hydrogen) atoms. The summed E-state index contributed by atoms with van der Waals surface area (Å²) in [5.41, 5.74) is 7.84. The third-order valence-corrected chi connectivity index (χ3v) is 3.70. The smallest absolute Gasteiger partial charge is 0.240 e. The van der Waals surface area contributed by atoms with E-state index in [4.69, 9.17) is 10.3 Å². The lowest BCUT2D eigenvalue weighted by Crippen LogP contribution is -1.95. The van der Waals surface area contributed by atoms with E-state index in [-0.39, 0.29) is 6.54 Å². The first-order chi connectivity index (χ1) is 7.86. The van der Waals surface area contributed by atoms with E-state index in [1.165, 1.54) is 16.2 Å². The molecule has 2 heterocycles. The zero-order chi connectivity index (χ0) is 11.0. The summed E-state index contributed by atoms with van der Waals surface area (Å²) in [6, 6.07) is 6.30. The van der Waals surface area contributed by atoms with Gasteiger partial charge in [0.1, 0.15) is 0 Å². The summed E-state index contributed by atoms with van der Waals surface area (Å²) in [6.07, 6.45) is 1.15. The molecule has 0 saturated carbocycles. The maximum absolute atomic E-state index is 5.43. The van der Waals surface area contributed by atoms with Crippen LogP contribution in [0.1, 0.15) is 11.5 Å². The van der Waals surface area contributed by atoms with Gasteiger partial charge in [0.05, 0.1) is 6.54 Å². The Bertz CT molecular complexity index is 524. The Morgan fingerprint density at radius 1 is 1.44 bits per heavy atom. The number of thioether (sulfide) groups is 1. The summed E-state index contributed by atoms with van der Waals surface area (Å²) in [6.45, 7) is 0.284. The quantitative estimate of drug-likeness (QED) is 0.857. The van der Waals surface area contributed by atoms with Crippen LogP contribution in [0.2, 0.25) is 0 Å². The molecule has 2 N–H and O–H groups in total. The summed E-state index contributed by atoms with van der Waals surface area (Å²) >= 11 is 1.88. The lowest BCUT2D eigenvalue weighted by Gasteiger charge is -1.99. The van der Waals surface area contributed by atoms with Gasteiger partial charge in [-0.25, -0.2) is 0 Å². The highest BCUT2D eigenvalue weighted by molar-refractivity contribution is 7.99. The van der Waals surface area contributed by atoms with Crippen LogP contribution in [-0.2, 0) is 13.0 Å². The standard InChI is InChI=1S/C11H11N3OS/c12-6-10-13-11(14-15-10)8-2-1-7-3-4-16-9(7)5-8/h1-2,5H,3-4,6,12H2. The van der Waals surface area contributed by atoms with Crippen molar-refractivity contribution >= 4 is 11.8 Å². The number of benzene rings is 1. The minimum atomic E-state index is 0.284. The van der Waals surface area contributed by atoms with Crippen LogP contribution in [0.25, 0.3) is 11.4 Å². The van der Waals surface area contributed by atoms with Crippen molar-refractivity contribution in [2.75, 3.05) is 5.75 Å². The maximum atomic E-state index is 5.43. The van der Waals surface area contributed by atoms with Crippen molar-refractivity contribution in [1.29, 1.82) is 0 Å². The molecule has 0 atom stereocenters. The van der Waals surface area contributed by atoms with Crippen molar-refractivity contribution in [2.45, 2.75) is 17.9 Å². The van der Waals surface area contributed by atoms with E-state index >= 15 is 0 Å². The van der Waals surface area contributed by atoms with E-state index < -0.39 is 0 Å². The molecular weight excluding hydrogens is 222 g/mol. The summed E-state index contributed by atoms with van der Waals surface area (Å²) in [5, 5.41) is 3.91. The topological polar surface area (TPSA) is 64.9 Å². The predicted octanol–water partition coefficient (Wildman–Crippen LogP) is 1.84. The average Bonchev–Trinajstić information content (AvgIpc) is 2.96. The fraction of sp³-hybridized carbons (Fsp3) is 0.273. The maximum Gasteiger partial charge on any atom is 0.240 e. The zero-order valence-electron chi connectivity index (χ0n) is 8.64. The van der Waals surface area contributed by atoms with Gasteiger partial charge >= 0.3 is 0 Å². The molecule has 4 nitrogen and oxygen atoms in total. The Kier molecular flexibility index (Phi) is 2.41. The van der Waals surface area contributed by atoms with Gasteiger partial charge < -0.3 is 10.3 Å². The van der Waals surface area contributed by atoms with Gasteiger partial charge in [0, 0.05) is 16.2 Å². The van der Waals surface area contributed by atoms with Gasteiger partial charge in [0.25, 0.3) is 0 Å². The molecule has 1 aromatic heterocycles. The van der Waals surface area contributed by atoms with Gasteiger partial charge in [-0.05, 0) is 18.1 Å². The summed E-state index contributed by atoms with van der Waals surface area (Å²) < 4.78 is 4.99. The number of rotatable bonds is 2. The third kappa shape index (κ3) is 1.62. The lowest BCUT2D eigenvalue weighted by molar-refractivity contribution is 0.380. The van der Waals surface area contributed by atoms with Crippen molar-refractivity contribution in [3.8, 4) is 11.4 Å². The van der Waals surface area contributed by atoms with E-state index in [1.54, 1.807) is 0 Å². The van der Waals surface area contributed by atoms with Crippen molar-refractivity contribution in [3.63, 3.8) is 0 Å². The molecule has 2 aromatic rings. The van der Waals surface area contributed by atoms with Crippen molar-refractivity contribution in [2.24, 2.45) is 5.73 Å². The minimum absolute atomic E-state index is 0.284. The number of aryl methyl sites for hydroxylation is 1. The van der Waals surface area contributed by atoms with Gasteiger partial charge in [-0.15, -0.1) is 11.8 Å².